The first kappa shape index (κ1) is 20.1. The zero-order valence-electron chi connectivity index (χ0n) is 17.5. The van der Waals surface area contributed by atoms with Crippen molar-refractivity contribution >= 4 is 16.8 Å². The van der Waals surface area contributed by atoms with Crippen LogP contribution < -0.4 is 10.9 Å². The van der Waals surface area contributed by atoms with E-state index in [0.717, 1.165) is 35.7 Å². The molecule has 0 saturated carbocycles. The third-order valence-corrected chi connectivity index (χ3v) is 5.84. The van der Waals surface area contributed by atoms with E-state index in [-0.39, 0.29) is 11.5 Å². The van der Waals surface area contributed by atoms with E-state index in [1.807, 2.05) is 55.5 Å². The average molecular weight is 401 g/mol. The first-order valence-electron chi connectivity index (χ1n) is 10.8. The molecule has 1 aromatic heterocycles. The van der Waals surface area contributed by atoms with Crippen LogP contribution in [0.4, 0.5) is 0 Å². The number of amides is 1. The molecule has 0 radical (unpaired) electrons. The number of hydrogen-bond donors (Lipinski definition) is 1. The van der Waals surface area contributed by atoms with Gasteiger partial charge in [-0.25, -0.2) is 0 Å². The van der Waals surface area contributed by atoms with E-state index in [2.05, 4.69) is 11.4 Å². The quantitative estimate of drug-likeness (QED) is 0.594. The summed E-state index contributed by atoms with van der Waals surface area (Å²) in [5.74, 6) is -0.179. The number of aryl methyl sites for hydroxylation is 1. The van der Waals surface area contributed by atoms with Gasteiger partial charge in [0, 0.05) is 18.0 Å². The van der Waals surface area contributed by atoms with Crippen molar-refractivity contribution in [3.8, 4) is 0 Å². The van der Waals surface area contributed by atoms with Gasteiger partial charge in [-0.2, -0.15) is 0 Å². The Bertz CT molecular complexity index is 1140. The van der Waals surface area contributed by atoms with Gasteiger partial charge in [0.2, 0.25) is 0 Å². The van der Waals surface area contributed by atoms with E-state index >= 15 is 0 Å². The van der Waals surface area contributed by atoms with Gasteiger partial charge >= 0.3 is 0 Å². The van der Waals surface area contributed by atoms with Gasteiger partial charge in [-0.05, 0) is 50.7 Å². The summed E-state index contributed by atoms with van der Waals surface area (Å²) in [6.45, 7) is 3.13. The molecule has 4 rings (SSSR count). The molecular weight excluding hydrogens is 372 g/mol. The highest BCUT2D eigenvalue weighted by Crippen LogP contribution is 2.20. The summed E-state index contributed by atoms with van der Waals surface area (Å²) in [6.07, 6.45) is 7.97. The number of para-hydroxylation sites is 1. The van der Waals surface area contributed by atoms with Gasteiger partial charge < -0.3 is 9.88 Å². The zero-order chi connectivity index (χ0) is 20.9. The number of aromatic nitrogens is 1. The minimum atomic E-state index is -0.179. The number of nitrogens with one attached hydrogen (secondary N) is 1. The van der Waals surface area contributed by atoms with Crippen molar-refractivity contribution in [1.29, 1.82) is 0 Å². The number of hydrogen-bond acceptors (Lipinski definition) is 2. The Kier molecular flexibility index (Phi) is 6.12. The molecule has 30 heavy (non-hydrogen) atoms. The standard InChI is InChI=1S/C26H28N2O2/c1-19-11-13-21(14-12-19)18-28-24-10-6-5-9-22(24)23(17-25(28)29)26(30)27-16-15-20-7-3-2-4-8-20/h5-7,9-14,17H,2-4,8,15-16,18H2,1H3,(H,27,30). The molecule has 0 aliphatic heterocycles. The number of allylic oxidation sites excluding steroid dienone is 1. The average Bonchev–Trinajstić information content (AvgIpc) is 2.77. The van der Waals surface area contributed by atoms with Crippen LogP contribution in [0.3, 0.4) is 0 Å². The molecule has 1 aliphatic rings. The molecule has 2 aromatic carbocycles. The predicted molar refractivity (Wildman–Crippen MR) is 122 cm³/mol. The van der Waals surface area contributed by atoms with Crippen LogP contribution in [0.15, 0.2) is 71.0 Å². The molecule has 0 fully saturated rings. The van der Waals surface area contributed by atoms with E-state index in [0.29, 0.717) is 18.7 Å². The lowest BCUT2D eigenvalue weighted by Crippen LogP contribution is -2.29. The molecule has 1 N–H and O–H groups in total. The van der Waals surface area contributed by atoms with Crippen molar-refractivity contribution in [1.82, 2.24) is 9.88 Å². The highest BCUT2D eigenvalue weighted by atomic mass is 16.2. The van der Waals surface area contributed by atoms with E-state index in [1.165, 1.54) is 30.0 Å². The first-order valence-corrected chi connectivity index (χ1v) is 10.8. The van der Waals surface area contributed by atoms with Crippen molar-refractivity contribution < 1.29 is 4.79 Å². The van der Waals surface area contributed by atoms with Gasteiger partial charge in [-0.15, -0.1) is 0 Å². The fourth-order valence-corrected chi connectivity index (χ4v) is 4.13. The lowest BCUT2D eigenvalue weighted by Gasteiger charge is -2.15. The molecule has 0 bridgehead atoms. The monoisotopic (exact) mass is 400 g/mol. The second-order valence-electron chi connectivity index (χ2n) is 8.10. The molecule has 1 amide bonds. The molecule has 0 unspecified atom stereocenters. The highest BCUT2D eigenvalue weighted by molar-refractivity contribution is 6.06. The van der Waals surface area contributed by atoms with Crippen molar-refractivity contribution in [2.24, 2.45) is 0 Å². The summed E-state index contributed by atoms with van der Waals surface area (Å²) < 4.78 is 1.74. The number of rotatable bonds is 6. The lowest BCUT2D eigenvalue weighted by molar-refractivity contribution is 0.0955. The maximum absolute atomic E-state index is 12.9. The van der Waals surface area contributed by atoms with Crippen LogP contribution in [0.5, 0.6) is 0 Å². The SMILES string of the molecule is Cc1ccc(Cn2c(=O)cc(C(=O)NCCC3=CCCCC3)c3ccccc32)cc1. The Morgan fingerprint density at radius 1 is 1.07 bits per heavy atom. The van der Waals surface area contributed by atoms with Gasteiger partial charge in [0.05, 0.1) is 17.6 Å². The van der Waals surface area contributed by atoms with Crippen molar-refractivity contribution in [3.05, 3.63) is 93.3 Å². The summed E-state index contributed by atoms with van der Waals surface area (Å²) in [7, 11) is 0. The number of carbonyl (C=O) groups is 1. The van der Waals surface area contributed by atoms with Crippen molar-refractivity contribution in [2.45, 2.75) is 45.6 Å². The van der Waals surface area contributed by atoms with Crippen LogP contribution in [-0.2, 0) is 6.54 Å². The van der Waals surface area contributed by atoms with Crippen molar-refractivity contribution in [2.75, 3.05) is 6.54 Å². The molecule has 154 valence electrons. The fourth-order valence-electron chi connectivity index (χ4n) is 4.13. The van der Waals surface area contributed by atoms with E-state index in [9.17, 15) is 9.59 Å². The Morgan fingerprint density at radius 3 is 2.63 bits per heavy atom. The van der Waals surface area contributed by atoms with Crippen LogP contribution >= 0.6 is 0 Å². The molecule has 3 aromatic rings. The Morgan fingerprint density at radius 2 is 1.87 bits per heavy atom. The third kappa shape index (κ3) is 4.54. The second-order valence-corrected chi connectivity index (χ2v) is 8.10. The molecule has 4 nitrogen and oxygen atoms in total. The summed E-state index contributed by atoms with van der Waals surface area (Å²) in [5.41, 5.74) is 4.76. The van der Waals surface area contributed by atoms with E-state index in [1.54, 1.807) is 4.57 Å². The Labute approximate surface area is 177 Å². The predicted octanol–water partition coefficient (Wildman–Crippen LogP) is 4.98. The molecular formula is C26H28N2O2. The zero-order valence-corrected chi connectivity index (χ0v) is 17.5. The third-order valence-electron chi connectivity index (χ3n) is 5.84. The smallest absolute Gasteiger partial charge is 0.252 e. The minimum absolute atomic E-state index is 0.158. The Balaban J connectivity index is 1.58. The van der Waals surface area contributed by atoms with Crippen LogP contribution in [0.2, 0.25) is 0 Å². The number of carbonyl (C=O) groups excluding carboxylic acids is 1. The van der Waals surface area contributed by atoms with Gasteiger partial charge in [0.15, 0.2) is 0 Å². The van der Waals surface area contributed by atoms with Crippen LogP contribution in [0.25, 0.3) is 10.9 Å². The Hall–Kier alpha value is -3.14. The van der Waals surface area contributed by atoms with Crippen LogP contribution in [0.1, 0.15) is 53.6 Å². The van der Waals surface area contributed by atoms with Gasteiger partial charge in [-0.1, -0.05) is 59.7 Å². The van der Waals surface area contributed by atoms with Gasteiger partial charge in [0.25, 0.3) is 11.5 Å². The lowest BCUT2D eigenvalue weighted by atomic mass is 9.97. The fraction of sp³-hybridized carbons (Fsp3) is 0.308. The largest absolute Gasteiger partial charge is 0.352 e. The van der Waals surface area contributed by atoms with E-state index in [4.69, 9.17) is 0 Å². The first-order chi connectivity index (χ1) is 14.6. The topological polar surface area (TPSA) is 51.1 Å². The number of fused-ring (bicyclic) bond motifs is 1. The maximum atomic E-state index is 12.9. The molecule has 0 saturated heterocycles. The summed E-state index contributed by atoms with van der Waals surface area (Å²) in [4.78, 5) is 25.8. The summed E-state index contributed by atoms with van der Waals surface area (Å²) >= 11 is 0. The number of nitrogens with zero attached hydrogens (tertiary/aromatic N) is 1. The molecule has 0 atom stereocenters. The van der Waals surface area contributed by atoms with Crippen LogP contribution in [0, 0.1) is 6.92 Å². The summed E-state index contributed by atoms with van der Waals surface area (Å²) in [5, 5.41) is 3.82. The van der Waals surface area contributed by atoms with E-state index < -0.39 is 0 Å². The summed E-state index contributed by atoms with van der Waals surface area (Å²) in [6, 6.07) is 17.3. The van der Waals surface area contributed by atoms with Crippen molar-refractivity contribution in [3.63, 3.8) is 0 Å². The second kappa shape index (κ2) is 9.12. The normalized spacial score (nSPS) is 13.8. The maximum Gasteiger partial charge on any atom is 0.252 e. The molecule has 1 heterocycles. The van der Waals surface area contributed by atoms with Crippen LogP contribution in [-0.4, -0.2) is 17.0 Å². The minimum Gasteiger partial charge on any atom is -0.352 e. The molecule has 0 spiro atoms. The number of pyridine rings is 1. The molecule has 4 heteroatoms. The van der Waals surface area contributed by atoms with Gasteiger partial charge in [-0.3, -0.25) is 9.59 Å². The molecule has 1 aliphatic carbocycles. The highest BCUT2D eigenvalue weighted by Gasteiger charge is 2.15. The number of benzene rings is 2. The van der Waals surface area contributed by atoms with Gasteiger partial charge in [0.1, 0.15) is 0 Å².